The van der Waals surface area contributed by atoms with E-state index in [1.54, 1.807) is 13.0 Å². The number of epoxide rings is 1. The van der Waals surface area contributed by atoms with Crippen molar-refractivity contribution in [2.75, 3.05) is 6.61 Å². The fourth-order valence-electron chi connectivity index (χ4n) is 4.56. The number of aliphatic hydroxyl groups is 1. The van der Waals surface area contributed by atoms with Gasteiger partial charge in [0.1, 0.15) is 6.61 Å². The Kier molecular flexibility index (Phi) is 4.42. The van der Waals surface area contributed by atoms with E-state index in [2.05, 4.69) is 20.4 Å². The maximum Gasteiger partial charge on any atom is 0.333 e. The van der Waals surface area contributed by atoms with Crippen molar-refractivity contribution in [3.63, 3.8) is 0 Å². The van der Waals surface area contributed by atoms with Gasteiger partial charge in [-0.1, -0.05) is 32.1 Å². The maximum absolute atomic E-state index is 11.9. The van der Waals surface area contributed by atoms with Gasteiger partial charge in [-0.25, -0.2) is 4.79 Å². The van der Waals surface area contributed by atoms with Crippen LogP contribution in [0.25, 0.3) is 0 Å². The number of hydrogen-bond donors (Lipinski definition) is 1. The Morgan fingerprint density at radius 1 is 1.50 bits per heavy atom. The van der Waals surface area contributed by atoms with Gasteiger partial charge in [0.15, 0.2) is 5.60 Å². The van der Waals surface area contributed by atoms with Crippen LogP contribution in [-0.4, -0.2) is 35.5 Å². The Morgan fingerprint density at radius 2 is 2.21 bits per heavy atom. The van der Waals surface area contributed by atoms with Gasteiger partial charge < -0.3 is 14.6 Å². The summed E-state index contributed by atoms with van der Waals surface area (Å²) in [5, 5.41) is 10.9. The topological polar surface area (TPSA) is 59.1 Å². The lowest BCUT2D eigenvalue weighted by Gasteiger charge is -2.53. The van der Waals surface area contributed by atoms with Gasteiger partial charge in [0.2, 0.25) is 0 Å². The summed E-state index contributed by atoms with van der Waals surface area (Å²) in [6.45, 7) is 12.5. The SMILES string of the molecule is C=C1CC[C@H]2O[C@]2(COC(=O)/C(C)=C\C)[C@@H](O)C[C@@H]2[C@@H]1CC2(C)C. The predicted octanol–water partition coefficient (Wildman–Crippen LogP) is 3.40. The second-order valence-electron chi connectivity index (χ2n) is 8.46. The Labute approximate surface area is 144 Å². The molecule has 0 amide bonds. The predicted molar refractivity (Wildman–Crippen MR) is 92.4 cm³/mol. The van der Waals surface area contributed by atoms with Crippen LogP contribution in [0, 0.1) is 17.3 Å². The van der Waals surface area contributed by atoms with Crippen LogP contribution in [0.5, 0.6) is 0 Å². The molecule has 0 aromatic carbocycles. The molecule has 0 aromatic rings. The minimum Gasteiger partial charge on any atom is -0.459 e. The van der Waals surface area contributed by atoms with E-state index in [0.29, 0.717) is 23.8 Å². The number of aliphatic hydroxyl groups excluding tert-OH is 1. The van der Waals surface area contributed by atoms with Crippen molar-refractivity contribution < 1.29 is 19.4 Å². The van der Waals surface area contributed by atoms with Crippen LogP contribution < -0.4 is 0 Å². The number of carbonyl (C=O) groups is 1. The summed E-state index contributed by atoms with van der Waals surface area (Å²) >= 11 is 0. The zero-order valence-corrected chi connectivity index (χ0v) is 15.3. The van der Waals surface area contributed by atoms with E-state index in [9.17, 15) is 9.90 Å². The second kappa shape index (κ2) is 5.99. The smallest absolute Gasteiger partial charge is 0.333 e. The Hall–Kier alpha value is -1.13. The molecule has 3 aliphatic rings. The van der Waals surface area contributed by atoms with Gasteiger partial charge in [0, 0.05) is 5.57 Å². The molecule has 4 heteroatoms. The van der Waals surface area contributed by atoms with Gasteiger partial charge in [0.05, 0.1) is 12.2 Å². The summed E-state index contributed by atoms with van der Waals surface area (Å²) in [6, 6.07) is 0. The lowest BCUT2D eigenvalue weighted by atomic mass is 9.52. The molecule has 3 fully saturated rings. The van der Waals surface area contributed by atoms with Crippen LogP contribution in [0.2, 0.25) is 0 Å². The molecule has 0 aromatic heterocycles. The fourth-order valence-corrected chi connectivity index (χ4v) is 4.56. The third-order valence-corrected chi connectivity index (χ3v) is 6.56. The molecule has 0 unspecified atom stereocenters. The van der Waals surface area contributed by atoms with E-state index in [0.717, 1.165) is 19.3 Å². The molecule has 1 N–H and O–H groups in total. The summed E-state index contributed by atoms with van der Waals surface area (Å²) < 4.78 is 11.3. The molecular weight excluding hydrogens is 304 g/mol. The second-order valence-corrected chi connectivity index (χ2v) is 8.46. The summed E-state index contributed by atoms with van der Waals surface area (Å²) in [6.07, 6.45) is 4.71. The number of carbonyl (C=O) groups excluding carboxylic acids is 1. The molecule has 5 atom stereocenters. The van der Waals surface area contributed by atoms with Gasteiger partial charge >= 0.3 is 5.97 Å². The number of fused-ring (bicyclic) bond motifs is 2. The quantitative estimate of drug-likeness (QED) is 0.372. The van der Waals surface area contributed by atoms with Crippen molar-refractivity contribution in [3.05, 3.63) is 23.8 Å². The Morgan fingerprint density at radius 3 is 2.83 bits per heavy atom. The van der Waals surface area contributed by atoms with Crippen molar-refractivity contribution >= 4 is 5.97 Å². The van der Waals surface area contributed by atoms with E-state index in [1.807, 2.05) is 6.92 Å². The van der Waals surface area contributed by atoms with Crippen LogP contribution in [0.3, 0.4) is 0 Å². The third kappa shape index (κ3) is 2.84. The highest BCUT2D eigenvalue weighted by Gasteiger charge is 2.64. The van der Waals surface area contributed by atoms with E-state index < -0.39 is 11.7 Å². The summed E-state index contributed by atoms with van der Waals surface area (Å²) in [5.41, 5.74) is 1.38. The largest absolute Gasteiger partial charge is 0.459 e. The third-order valence-electron chi connectivity index (χ3n) is 6.56. The van der Waals surface area contributed by atoms with Gasteiger partial charge in [-0.15, -0.1) is 0 Å². The molecule has 0 radical (unpaired) electrons. The molecule has 3 rings (SSSR count). The average Bonchev–Trinajstić information content (AvgIpc) is 3.26. The average molecular weight is 334 g/mol. The molecule has 1 aliphatic heterocycles. The van der Waals surface area contributed by atoms with Gasteiger partial charge in [0.25, 0.3) is 0 Å². The number of allylic oxidation sites excluding steroid dienone is 2. The first kappa shape index (κ1) is 17.7. The zero-order valence-electron chi connectivity index (χ0n) is 15.3. The van der Waals surface area contributed by atoms with Gasteiger partial charge in [-0.05, 0) is 56.8 Å². The molecule has 134 valence electrons. The Bertz CT molecular complexity index is 576. The molecule has 24 heavy (non-hydrogen) atoms. The molecule has 0 bridgehead atoms. The number of esters is 1. The minimum absolute atomic E-state index is 0.0384. The molecule has 0 spiro atoms. The van der Waals surface area contributed by atoms with Crippen LogP contribution in [-0.2, 0) is 14.3 Å². The van der Waals surface area contributed by atoms with Crippen LogP contribution in [0.15, 0.2) is 23.8 Å². The number of ether oxygens (including phenoxy) is 2. The zero-order chi connectivity index (χ0) is 17.7. The van der Waals surface area contributed by atoms with Crippen LogP contribution >= 0.6 is 0 Å². The monoisotopic (exact) mass is 334 g/mol. The van der Waals surface area contributed by atoms with Crippen molar-refractivity contribution in [1.29, 1.82) is 0 Å². The van der Waals surface area contributed by atoms with Crippen LogP contribution in [0.4, 0.5) is 0 Å². The molecule has 4 nitrogen and oxygen atoms in total. The highest BCUT2D eigenvalue weighted by Crippen LogP contribution is 2.59. The first-order chi connectivity index (χ1) is 11.2. The van der Waals surface area contributed by atoms with Crippen molar-refractivity contribution in [2.45, 2.75) is 71.2 Å². The van der Waals surface area contributed by atoms with Gasteiger partial charge in [-0.2, -0.15) is 0 Å². The highest BCUT2D eigenvalue weighted by atomic mass is 16.7. The molecular formula is C20H30O4. The first-order valence-electron chi connectivity index (χ1n) is 9.05. The number of hydrogen-bond acceptors (Lipinski definition) is 4. The van der Waals surface area contributed by atoms with E-state index in [4.69, 9.17) is 9.47 Å². The standard InChI is InChI=1S/C20H30O4/c1-6-12(2)18(22)23-11-20-16(21)9-15-14(10-19(15,4)5)13(3)7-8-17(20)24-20/h6,14-17,21H,3,7-11H2,1-2,4-5H3/b12-6-/t14-,15-,16+,17-,20-/m1/s1. The lowest BCUT2D eigenvalue weighted by Crippen LogP contribution is -2.48. The van der Waals surface area contributed by atoms with Crippen molar-refractivity contribution in [1.82, 2.24) is 0 Å². The van der Waals surface area contributed by atoms with Crippen molar-refractivity contribution in [3.8, 4) is 0 Å². The molecule has 2 aliphatic carbocycles. The Balaban J connectivity index is 1.73. The number of rotatable bonds is 3. The van der Waals surface area contributed by atoms with Crippen molar-refractivity contribution in [2.24, 2.45) is 17.3 Å². The van der Waals surface area contributed by atoms with E-state index in [-0.39, 0.29) is 24.1 Å². The van der Waals surface area contributed by atoms with E-state index in [1.165, 1.54) is 5.57 Å². The van der Waals surface area contributed by atoms with Crippen LogP contribution in [0.1, 0.15) is 53.4 Å². The normalized spacial score (nSPS) is 41.0. The van der Waals surface area contributed by atoms with E-state index >= 15 is 0 Å². The first-order valence-corrected chi connectivity index (χ1v) is 9.05. The highest BCUT2D eigenvalue weighted by molar-refractivity contribution is 5.87. The molecule has 2 saturated carbocycles. The summed E-state index contributed by atoms with van der Waals surface area (Å²) in [7, 11) is 0. The minimum atomic E-state index is -0.718. The maximum atomic E-state index is 11.9. The van der Waals surface area contributed by atoms with Gasteiger partial charge in [-0.3, -0.25) is 0 Å². The molecule has 1 heterocycles. The summed E-state index contributed by atoms with van der Waals surface area (Å²) in [5.74, 6) is 0.601. The summed E-state index contributed by atoms with van der Waals surface area (Å²) in [4.78, 5) is 11.9. The molecule has 1 saturated heterocycles. The lowest BCUT2D eigenvalue weighted by molar-refractivity contribution is -0.143. The fraction of sp³-hybridized carbons (Fsp3) is 0.750.